The van der Waals surface area contributed by atoms with Crippen LogP contribution in [0.3, 0.4) is 0 Å². The van der Waals surface area contributed by atoms with Gasteiger partial charge in [0, 0.05) is 37.4 Å². The minimum atomic E-state index is -0.179. The number of nitrogens with two attached hydrogens (primary N) is 1. The van der Waals surface area contributed by atoms with Crippen molar-refractivity contribution in [3.05, 3.63) is 18.2 Å². The molecular formula is C15H25NO3. The highest BCUT2D eigenvalue weighted by atomic mass is 16.5. The molecule has 4 nitrogen and oxygen atoms in total. The van der Waals surface area contributed by atoms with Gasteiger partial charge in [0.15, 0.2) is 0 Å². The van der Waals surface area contributed by atoms with E-state index in [9.17, 15) is 0 Å². The highest BCUT2D eigenvalue weighted by Gasteiger charge is 2.16. The molecule has 0 aliphatic heterocycles. The van der Waals surface area contributed by atoms with Crippen molar-refractivity contribution in [1.29, 1.82) is 0 Å². The largest absolute Gasteiger partial charge is 0.493 e. The zero-order valence-electron chi connectivity index (χ0n) is 12.4. The van der Waals surface area contributed by atoms with E-state index in [4.69, 9.17) is 19.9 Å². The summed E-state index contributed by atoms with van der Waals surface area (Å²) in [5.74, 6) is 1.49. The first-order chi connectivity index (χ1) is 8.96. The van der Waals surface area contributed by atoms with Crippen LogP contribution in [0.4, 0.5) is 5.69 Å². The molecule has 0 fully saturated rings. The molecule has 108 valence electrons. The summed E-state index contributed by atoms with van der Waals surface area (Å²) in [6, 6.07) is 5.48. The third-order valence-electron chi connectivity index (χ3n) is 2.90. The molecule has 0 bridgehead atoms. The van der Waals surface area contributed by atoms with Gasteiger partial charge in [-0.2, -0.15) is 0 Å². The second kappa shape index (κ2) is 7.24. The number of nitrogen functional groups attached to an aromatic ring is 1. The van der Waals surface area contributed by atoms with Crippen LogP contribution in [0.25, 0.3) is 0 Å². The summed E-state index contributed by atoms with van der Waals surface area (Å²) in [4.78, 5) is 0. The number of hydrogen-bond donors (Lipinski definition) is 1. The van der Waals surface area contributed by atoms with Crippen molar-refractivity contribution in [2.45, 2.75) is 39.2 Å². The van der Waals surface area contributed by atoms with Crippen molar-refractivity contribution < 1.29 is 14.2 Å². The number of methoxy groups -OCH3 is 1. The zero-order valence-corrected chi connectivity index (χ0v) is 12.4. The quantitative estimate of drug-likeness (QED) is 0.735. The molecule has 0 amide bonds. The first kappa shape index (κ1) is 15.6. The molecule has 0 aromatic heterocycles. The van der Waals surface area contributed by atoms with Gasteiger partial charge in [-0.25, -0.2) is 0 Å². The molecular weight excluding hydrogens is 242 g/mol. The Morgan fingerprint density at radius 1 is 1.05 bits per heavy atom. The van der Waals surface area contributed by atoms with Gasteiger partial charge in [-0.1, -0.05) is 6.92 Å². The lowest BCUT2D eigenvalue weighted by atomic mass is 10.1. The monoisotopic (exact) mass is 267 g/mol. The van der Waals surface area contributed by atoms with Crippen LogP contribution in [0.15, 0.2) is 18.2 Å². The van der Waals surface area contributed by atoms with E-state index in [-0.39, 0.29) is 5.60 Å². The van der Waals surface area contributed by atoms with Crippen molar-refractivity contribution in [2.75, 3.05) is 26.1 Å². The van der Waals surface area contributed by atoms with Gasteiger partial charge in [0.25, 0.3) is 0 Å². The first-order valence-corrected chi connectivity index (χ1v) is 6.68. The summed E-state index contributed by atoms with van der Waals surface area (Å²) in [5.41, 5.74) is 6.30. The van der Waals surface area contributed by atoms with Crippen LogP contribution >= 0.6 is 0 Å². The maximum atomic E-state index is 5.83. The average molecular weight is 267 g/mol. The molecule has 2 N–H and O–H groups in total. The Balaban J connectivity index is 2.55. The summed E-state index contributed by atoms with van der Waals surface area (Å²) >= 11 is 0. The Hall–Kier alpha value is -1.42. The van der Waals surface area contributed by atoms with E-state index in [1.54, 1.807) is 13.2 Å². The standard InChI is InChI=1S/C15H25NO3/c1-5-7-18-13-9-12(16)10-14(11-13)19-8-6-15(2,3)17-4/h9-11H,5-8,16H2,1-4H3. The van der Waals surface area contributed by atoms with E-state index in [1.807, 2.05) is 26.0 Å². The number of hydrogen-bond acceptors (Lipinski definition) is 4. The van der Waals surface area contributed by atoms with E-state index in [2.05, 4.69) is 6.92 Å². The Morgan fingerprint density at radius 3 is 2.16 bits per heavy atom. The third kappa shape index (κ3) is 5.83. The smallest absolute Gasteiger partial charge is 0.125 e. The molecule has 4 heteroatoms. The highest BCUT2D eigenvalue weighted by molar-refractivity contribution is 5.50. The van der Waals surface area contributed by atoms with Crippen LogP contribution in [0, 0.1) is 0 Å². The number of rotatable bonds is 8. The summed E-state index contributed by atoms with van der Waals surface area (Å²) in [7, 11) is 1.71. The van der Waals surface area contributed by atoms with Gasteiger partial charge in [-0.15, -0.1) is 0 Å². The van der Waals surface area contributed by atoms with Crippen LogP contribution in [-0.2, 0) is 4.74 Å². The van der Waals surface area contributed by atoms with Crippen LogP contribution in [0.5, 0.6) is 11.5 Å². The van der Waals surface area contributed by atoms with Gasteiger partial charge in [0.1, 0.15) is 11.5 Å². The Labute approximate surface area is 115 Å². The third-order valence-corrected chi connectivity index (χ3v) is 2.90. The van der Waals surface area contributed by atoms with Crippen LogP contribution in [0.1, 0.15) is 33.6 Å². The van der Waals surface area contributed by atoms with Crippen molar-refractivity contribution >= 4 is 5.69 Å². The molecule has 1 aromatic carbocycles. The molecule has 0 saturated heterocycles. The number of ether oxygens (including phenoxy) is 3. The minimum absolute atomic E-state index is 0.179. The maximum Gasteiger partial charge on any atom is 0.125 e. The molecule has 0 heterocycles. The fraction of sp³-hybridized carbons (Fsp3) is 0.600. The maximum absolute atomic E-state index is 5.83. The Kier molecular flexibility index (Phi) is 5.96. The lowest BCUT2D eigenvalue weighted by molar-refractivity contribution is 0.00545. The average Bonchev–Trinajstić information content (AvgIpc) is 2.35. The molecule has 0 unspecified atom stereocenters. The summed E-state index contributed by atoms with van der Waals surface area (Å²) < 4.78 is 16.6. The Morgan fingerprint density at radius 2 is 1.63 bits per heavy atom. The van der Waals surface area contributed by atoms with E-state index in [0.29, 0.717) is 18.9 Å². The van der Waals surface area contributed by atoms with Gasteiger partial charge in [0.05, 0.1) is 18.8 Å². The molecule has 0 aliphatic rings. The lowest BCUT2D eigenvalue weighted by Gasteiger charge is -2.22. The normalized spacial score (nSPS) is 11.4. The minimum Gasteiger partial charge on any atom is -0.493 e. The summed E-state index contributed by atoms with van der Waals surface area (Å²) in [6.07, 6.45) is 1.77. The molecule has 0 aliphatic carbocycles. The van der Waals surface area contributed by atoms with Crippen LogP contribution in [0.2, 0.25) is 0 Å². The van der Waals surface area contributed by atoms with Crippen molar-refractivity contribution in [1.82, 2.24) is 0 Å². The topological polar surface area (TPSA) is 53.7 Å². The van der Waals surface area contributed by atoms with Crippen molar-refractivity contribution in [2.24, 2.45) is 0 Å². The van der Waals surface area contributed by atoms with Crippen molar-refractivity contribution in [3.63, 3.8) is 0 Å². The van der Waals surface area contributed by atoms with Gasteiger partial charge in [0.2, 0.25) is 0 Å². The fourth-order valence-electron chi connectivity index (χ4n) is 1.50. The first-order valence-electron chi connectivity index (χ1n) is 6.68. The molecule has 0 spiro atoms. The Bertz CT molecular complexity index is 391. The fourth-order valence-corrected chi connectivity index (χ4v) is 1.50. The number of benzene rings is 1. The summed E-state index contributed by atoms with van der Waals surface area (Å²) in [5, 5.41) is 0. The van der Waals surface area contributed by atoms with E-state index < -0.39 is 0 Å². The van der Waals surface area contributed by atoms with E-state index >= 15 is 0 Å². The van der Waals surface area contributed by atoms with Gasteiger partial charge >= 0.3 is 0 Å². The van der Waals surface area contributed by atoms with Gasteiger partial charge in [-0.05, 0) is 20.3 Å². The van der Waals surface area contributed by atoms with E-state index in [0.717, 1.165) is 24.3 Å². The predicted octanol–water partition coefficient (Wildman–Crippen LogP) is 3.25. The van der Waals surface area contributed by atoms with Crippen molar-refractivity contribution in [3.8, 4) is 11.5 Å². The molecule has 0 radical (unpaired) electrons. The number of anilines is 1. The van der Waals surface area contributed by atoms with Crippen LogP contribution in [-0.4, -0.2) is 25.9 Å². The van der Waals surface area contributed by atoms with Gasteiger partial charge in [-0.3, -0.25) is 0 Å². The molecule has 19 heavy (non-hydrogen) atoms. The predicted molar refractivity (Wildman–Crippen MR) is 77.8 cm³/mol. The van der Waals surface area contributed by atoms with Crippen LogP contribution < -0.4 is 15.2 Å². The van der Waals surface area contributed by atoms with Gasteiger partial charge < -0.3 is 19.9 Å². The second-order valence-corrected chi connectivity index (χ2v) is 5.15. The highest BCUT2D eigenvalue weighted by Crippen LogP contribution is 2.25. The molecule has 1 aromatic rings. The molecule has 0 atom stereocenters. The molecule has 1 rings (SSSR count). The zero-order chi connectivity index (χ0) is 14.3. The second-order valence-electron chi connectivity index (χ2n) is 5.15. The lowest BCUT2D eigenvalue weighted by Crippen LogP contribution is -2.25. The SMILES string of the molecule is CCCOc1cc(N)cc(OCCC(C)(C)OC)c1. The summed E-state index contributed by atoms with van der Waals surface area (Å²) in [6.45, 7) is 7.39. The molecule has 0 saturated carbocycles. The van der Waals surface area contributed by atoms with E-state index in [1.165, 1.54) is 0 Å².